The quantitative estimate of drug-likeness (QED) is 0.877. The molecule has 3 nitrogen and oxygen atoms in total. The van der Waals surface area contributed by atoms with Crippen LogP contribution in [-0.4, -0.2) is 18.2 Å². The number of nitriles is 1. The van der Waals surface area contributed by atoms with Gasteiger partial charge in [-0.2, -0.15) is 5.26 Å². The van der Waals surface area contributed by atoms with E-state index in [1.165, 1.54) is 0 Å². The molecule has 1 rings (SSSR count). The Morgan fingerprint density at radius 1 is 1.53 bits per heavy atom. The van der Waals surface area contributed by atoms with Gasteiger partial charge in [-0.3, -0.25) is 0 Å². The summed E-state index contributed by atoms with van der Waals surface area (Å²) in [7, 11) is 0. The summed E-state index contributed by atoms with van der Waals surface area (Å²) in [5.74, 6) is -0.0551. The van der Waals surface area contributed by atoms with Crippen molar-refractivity contribution in [2.75, 3.05) is 18.0 Å². The van der Waals surface area contributed by atoms with Crippen molar-refractivity contribution in [1.82, 2.24) is 0 Å². The molecule has 0 amide bonds. The lowest BCUT2D eigenvalue weighted by Crippen LogP contribution is -2.28. The molecule has 0 spiro atoms. The summed E-state index contributed by atoms with van der Waals surface area (Å²) in [5, 5.41) is 18.8. The molecule has 0 heterocycles. The molecule has 0 radical (unpaired) electrons. The van der Waals surface area contributed by atoms with Gasteiger partial charge < -0.3 is 10.0 Å². The predicted octanol–water partition coefficient (Wildman–Crippen LogP) is 2.82. The molecule has 1 atom stereocenters. The normalized spacial score (nSPS) is 11.9. The Hall–Kier alpha value is -1.24. The van der Waals surface area contributed by atoms with Gasteiger partial charge in [-0.25, -0.2) is 0 Å². The number of anilines is 1. The van der Waals surface area contributed by atoms with E-state index < -0.39 is 0 Å². The summed E-state index contributed by atoms with van der Waals surface area (Å²) >= 11 is 6.05. The molecular weight excluding hydrogens is 236 g/mol. The molecule has 0 aliphatic heterocycles. The van der Waals surface area contributed by atoms with E-state index in [0.29, 0.717) is 11.6 Å². The minimum absolute atomic E-state index is 0.0551. The van der Waals surface area contributed by atoms with Crippen molar-refractivity contribution < 1.29 is 5.11 Å². The van der Waals surface area contributed by atoms with E-state index in [1.54, 1.807) is 6.07 Å². The third-order valence-electron chi connectivity index (χ3n) is 2.69. The van der Waals surface area contributed by atoms with E-state index in [2.05, 4.69) is 11.0 Å². The van der Waals surface area contributed by atoms with Gasteiger partial charge in [0.05, 0.1) is 18.6 Å². The van der Waals surface area contributed by atoms with Gasteiger partial charge in [-0.15, -0.1) is 0 Å². The lowest BCUT2D eigenvalue weighted by Gasteiger charge is -2.26. The largest absolute Gasteiger partial charge is 0.392 e. The molecule has 0 aliphatic carbocycles. The number of aliphatic hydroxyl groups is 1. The fraction of sp³-hybridized carbons (Fsp3) is 0.462. The van der Waals surface area contributed by atoms with Crippen molar-refractivity contribution in [3.63, 3.8) is 0 Å². The lowest BCUT2D eigenvalue weighted by atomic mass is 10.1. The fourth-order valence-corrected chi connectivity index (χ4v) is 2.00. The van der Waals surface area contributed by atoms with Crippen LogP contribution >= 0.6 is 11.6 Å². The number of hydrogen-bond acceptors (Lipinski definition) is 3. The second kappa shape index (κ2) is 6.48. The van der Waals surface area contributed by atoms with Gasteiger partial charge in [0.2, 0.25) is 0 Å². The number of hydrogen-bond donors (Lipinski definition) is 1. The average Bonchev–Trinajstić information content (AvgIpc) is 2.35. The number of aliphatic hydroxyl groups excluding tert-OH is 1. The first-order chi connectivity index (χ1) is 8.13. The van der Waals surface area contributed by atoms with E-state index in [9.17, 15) is 5.11 Å². The SMILES string of the molecule is CCN(CC(C)C#N)c1cccc(Cl)c1CO. The maximum Gasteiger partial charge on any atom is 0.0716 e. The Labute approximate surface area is 107 Å². The monoisotopic (exact) mass is 252 g/mol. The molecule has 0 fully saturated rings. The Bertz CT molecular complexity index is 414. The van der Waals surface area contributed by atoms with Gasteiger partial charge in [0.15, 0.2) is 0 Å². The van der Waals surface area contributed by atoms with E-state index in [0.717, 1.165) is 17.8 Å². The van der Waals surface area contributed by atoms with Gasteiger partial charge in [0.25, 0.3) is 0 Å². The molecule has 0 saturated heterocycles. The second-order valence-corrected chi connectivity index (χ2v) is 4.37. The smallest absolute Gasteiger partial charge is 0.0716 e. The summed E-state index contributed by atoms with van der Waals surface area (Å²) in [4.78, 5) is 2.06. The minimum atomic E-state index is -0.0908. The van der Waals surface area contributed by atoms with Crippen LogP contribution in [-0.2, 0) is 6.61 Å². The van der Waals surface area contributed by atoms with Crippen LogP contribution in [0.25, 0.3) is 0 Å². The second-order valence-electron chi connectivity index (χ2n) is 3.96. The predicted molar refractivity (Wildman–Crippen MR) is 70.0 cm³/mol. The van der Waals surface area contributed by atoms with Crippen molar-refractivity contribution in [3.05, 3.63) is 28.8 Å². The first-order valence-electron chi connectivity index (χ1n) is 5.66. The van der Waals surface area contributed by atoms with Crippen LogP contribution in [0.3, 0.4) is 0 Å². The molecule has 17 heavy (non-hydrogen) atoms. The van der Waals surface area contributed by atoms with E-state index in [4.69, 9.17) is 16.9 Å². The zero-order valence-electron chi connectivity index (χ0n) is 10.2. The van der Waals surface area contributed by atoms with Crippen molar-refractivity contribution in [2.24, 2.45) is 5.92 Å². The maximum absolute atomic E-state index is 9.36. The van der Waals surface area contributed by atoms with Crippen molar-refractivity contribution in [3.8, 4) is 6.07 Å². The number of rotatable bonds is 5. The van der Waals surface area contributed by atoms with Gasteiger partial charge >= 0.3 is 0 Å². The van der Waals surface area contributed by atoms with Crippen molar-refractivity contribution in [2.45, 2.75) is 20.5 Å². The van der Waals surface area contributed by atoms with E-state index in [-0.39, 0.29) is 12.5 Å². The molecule has 4 heteroatoms. The number of benzene rings is 1. The molecule has 1 N–H and O–H groups in total. The van der Waals surface area contributed by atoms with Crippen LogP contribution in [0.4, 0.5) is 5.69 Å². The van der Waals surface area contributed by atoms with Crippen LogP contribution in [0.2, 0.25) is 5.02 Å². The third kappa shape index (κ3) is 3.36. The molecule has 0 saturated carbocycles. The summed E-state index contributed by atoms with van der Waals surface area (Å²) < 4.78 is 0. The van der Waals surface area contributed by atoms with E-state index >= 15 is 0 Å². The highest BCUT2D eigenvalue weighted by Gasteiger charge is 2.14. The zero-order chi connectivity index (χ0) is 12.8. The van der Waals surface area contributed by atoms with Crippen LogP contribution in [0.5, 0.6) is 0 Å². The fourth-order valence-electron chi connectivity index (χ4n) is 1.77. The number of nitrogens with zero attached hydrogens (tertiary/aromatic N) is 2. The zero-order valence-corrected chi connectivity index (χ0v) is 10.9. The minimum Gasteiger partial charge on any atom is -0.392 e. The topological polar surface area (TPSA) is 47.3 Å². The van der Waals surface area contributed by atoms with Crippen molar-refractivity contribution >= 4 is 17.3 Å². The Morgan fingerprint density at radius 3 is 2.76 bits per heavy atom. The van der Waals surface area contributed by atoms with E-state index in [1.807, 2.05) is 26.0 Å². The molecule has 92 valence electrons. The number of halogens is 1. The molecule has 1 aromatic carbocycles. The van der Waals surface area contributed by atoms with Crippen LogP contribution in [0, 0.1) is 17.2 Å². The molecule has 1 unspecified atom stereocenters. The maximum atomic E-state index is 9.36. The summed E-state index contributed by atoms with van der Waals surface area (Å²) in [5.41, 5.74) is 1.63. The standard InChI is InChI=1S/C13H17ClN2O/c1-3-16(8-10(2)7-15)13-6-4-5-12(14)11(13)9-17/h4-6,10,17H,3,8-9H2,1-2H3. The molecule has 0 aliphatic rings. The van der Waals surface area contributed by atoms with Crippen LogP contribution in [0.1, 0.15) is 19.4 Å². The Balaban J connectivity index is 3.04. The highest BCUT2D eigenvalue weighted by molar-refractivity contribution is 6.31. The van der Waals surface area contributed by atoms with Crippen LogP contribution in [0.15, 0.2) is 18.2 Å². The first-order valence-corrected chi connectivity index (χ1v) is 6.04. The van der Waals surface area contributed by atoms with Gasteiger partial charge in [0, 0.05) is 29.4 Å². The molecule has 0 bridgehead atoms. The summed E-state index contributed by atoms with van der Waals surface area (Å²) in [6.07, 6.45) is 0. The first kappa shape index (κ1) is 13.8. The van der Waals surface area contributed by atoms with Crippen molar-refractivity contribution in [1.29, 1.82) is 5.26 Å². The molecule has 1 aromatic rings. The van der Waals surface area contributed by atoms with Crippen LogP contribution < -0.4 is 4.90 Å². The van der Waals surface area contributed by atoms with Gasteiger partial charge in [-0.05, 0) is 26.0 Å². The third-order valence-corrected chi connectivity index (χ3v) is 3.04. The highest BCUT2D eigenvalue weighted by atomic mass is 35.5. The summed E-state index contributed by atoms with van der Waals surface area (Å²) in [6, 6.07) is 7.76. The Kier molecular flexibility index (Phi) is 5.27. The Morgan fingerprint density at radius 2 is 2.24 bits per heavy atom. The molecular formula is C13H17ClN2O. The highest BCUT2D eigenvalue weighted by Crippen LogP contribution is 2.28. The molecule has 0 aromatic heterocycles. The van der Waals surface area contributed by atoms with Gasteiger partial charge in [0.1, 0.15) is 0 Å². The summed E-state index contributed by atoms with van der Waals surface area (Å²) in [6.45, 7) is 5.23. The average molecular weight is 253 g/mol. The van der Waals surface area contributed by atoms with Gasteiger partial charge in [-0.1, -0.05) is 17.7 Å². The lowest BCUT2D eigenvalue weighted by molar-refractivity contribution is 0.282.